The van der Waals surface area contributed by atoms with Gasteiger partial charge in [-0.1, -0.05) is 30.3 Å². The fourth-order valence-corrected chi connectivity index (χ4v) is 1.57. The van der Waals surface area contributed by atoms with Gasteiger partial charge in [0.2, 0.25) is 0 Å². The predicted octanol–water partition coefficient (Wildman–Crippen LogP) is 3.67. The van der Waals surface area contributed by atoms with Gasteiger partial charge in [-0.3, -0.25) is 0 Å². The summed E-state index contributed by atoms with van der Waals surface area (Å²) in [4.78, 5) is 0. The van der Waals surface area contributed by atoms with E-state index < -0.39 is 0 Å². The molecule has 0 aromatic heterocycles. The summed E-state index contributed by atoms with van der Waals surface area (Å²) in [5, 5.41) is 0. The van der Waals surface area contributed by atoms with Crippen LogP contribution in [-0.2, 0) is 11.2 Å². The lowest BCUT2D eigenvalue weighted by atomic mass is 10.1. The fourth-order valence-electron chi connectivity index (χ4n) is 1.57. The third-order valence-corrected chi connectivity index (χ3v) is 2.50. The molecule has 0 heterocycles. The Morgan fingerprint density at radius 2 is 1.47 bits per heavy atom. The maximum Gasteiger partial charge on any atom is 0.127 e. The van der Waals surface area contributed by atoms with Crippen molar-refractivity contribution in [2.45, 2.75) is 6.42 Å². The highest BCUT2D eigenvalue weighted by atomic mass is 16.5. The summed E-state index contributed by atoms with van der Waals surface area (Å²) < 4.78 is 10.7. The highest BCUT2D eigenvalue weighted by molar-refractivity contribution is 5.32. The Morgan fingerprint density at radius 3 is 2.12 bits per heavy atom. The summed E-state index contributed by atoms with van der Waals surface area (Å²) in [6.45, 7) is 0.749. The summed E-state index contributed by atoms with van der Waals surface area (Å²) in [7, 11) is 1.72. The second-order valence-electron chi connectivity index (χ2n) is 3.80. The number of rotatable bonds is 5. The van der Waals surface area contributed by atoms with Crippen LogP contribution >= 0.6 is 0 Å². The van der Waals surface area contributed by atoms with Crippen molar-refractivity contribution in [1.29, 1.82) is 0 Å². The Morgan fingerprint density at radius 1 is 0.824 bits per heavy atom. The monoisotopic (exact) mass is 228 g/mol. The average Bonchev–Trinajstić information content (AvgIpc) is 2.39. The molecule has 0 bridgehead atoms. The van der Waals surface area contributed by atoms with Gasteiger partial charge in [0.05, 0.1) is 6.61 Å². The summed E-state index contributed by atoms with van der Waals surface area (Å²) in [5.74, 6) is 1.72. The van der Waals surface area contributed by atoms with E-state index in [1.165, 1.54) is 5.56 Å². The van der Waals surface area contributed by atoms with Crippen molar-refractivity contribution in [3.05, 3.63) is 60.2 Å². The van der Waals surface area contributed by atoms with Gasteiger partial charge in [-0.2, -0.15) is 0 Å². The lowest BCUT2D eigenvalue weighted by Gasteiger charge is -2.06. The number of hydrogen-bond donors (Lipinski definition) is 0. The lowest BCUT2D eigenvalue weighted by Crippen LogP contribution is -1.94. The number of benzene rings is 2. The number of hydrogen-bond acceptors (Lipinski definition) is 2. The molecule has 0 spiro atoms. The Labute approximate surface area is 102 Å². The summed E-state index contributed by atoms with van der Waals surface area (Å²) >= 11 is 0. The molecule has 2 rings (SSSR count). The van der Waals surface area contributed by atoms with Crippen LogP contribution in [0.4, 0.5) is 0 Å². The van der Waals surface area contributed by atoms with Crippen LogP contribution in [0.2, 0.25) is 0 Å². The quantitative estimate of drug-likeness (QED) is 0.777. The molecule has 2 aromatic carbocycles. The number of methoxy groups -OCH3 is 1. The molecule has 0 radical (unpaired) electrons. The minimum atomic E-state index is 0.749. The van der Waals surface area contributed by atoms with E-state index in [9.17, 15) is 0 Å². The van der Waals surface area contributed by atoms with Crippen molar-refractivity contribution in [2.75, 3.05) is 13.7 Å². The number of para-hydroxylation sites is 1. The molecule has 0 fully saturated rings. The van der Waals surface area contributed by atoms with E-state index in [2.05, 4.69) is 12.1 Å². The van der Waals surface area contributed by atoms with Crippen molar-refractivity contribution in [2.24, 2.45) is 0 Å². The molecule has 0 atom stereocenters. The maximum atomic E-state index is 5.71. The molecule has 0 aliphatic carbocycles. The van der Waals surface area contributed by atoms with Gasteiger partial charge in [0.1, 0.15) is 11.5 Å². The molecular weight excluding hydrogens is 212 g/mol. The van der Waals surface area contributed by atoms with E-state index in [-0.39, 0.29) is 0 Å². The standard InChI is InChI=1S/C15H16O2/c1-16-12-11-13-7-9-15(10-8-13)17-14-5-3-2-4-6-14/h2-10H,11-12H2,1H3. The first kappa shape index (κ1) is 11.7. The van der Waals surface area contributed by atoms with E-state index in [0.29, 0.717) is 0 Å². The van der Waals surface area contributed by atoms with Gasteiger partial charge < -0.3 is 9.47 Å². The van der Waals surface area contributed by atoms with Gasteiger partial charge in [-0.15, -0.1) is 0 Å². The van der Waals surface area contributed by atoms with Crippen molar-refractivity contribution in [3.63, 3.8) is 0 Å². The van der Waals surface area contributed by atoms with Crippen molar-refractivity contribution < 1.29 is 9.47 Å². The first-order valence-electron chi connectivity index (χ1n) is 5.69. The Kier molecular flexibility index (Phi) is 4.17. The zero-order valence-electron chi connectivity index (χ0n) is 9.93. The van der Waals surface area contributed by atoms with Gasteiger partial charge in [0.25, 0.3) is 0 Å². The molecule has 2 heteroatoms. The van der Waals surface area contributed by atoms with Gasteiger partial charge in [0, 0.05) is 7.11 Å². The fraction of sp³-hybridized carbons (Fsp3) is 0.200. The average molecular weight is 228 g/mol. The van der Waals surface area contributed by atoms with Crippen LogP contribution in [0.5, 0.6) is 11.5 Å². The van der Waals surface area contributed by atoms with Crippen molar-refractivity contribution in [3.8, 4) is 11.5 Å². The predicted molar refractivity (Wildman–Crippen MR) is 68.5 cm³/mol. The zero-order valence-corrected chi connectivity index (χ0v) is 9.93. The highest BCUT2D eigenvalue weighted by Crippen LogP contribution is 2.21. The van der Waals surface area contributed by atoms with E-state index in [1.54, 1.807) is 7.11 Å². The van der Waals surface area contributed by atoms with E-state index in [4.69, 9.17) is 9.47 Å². The first-order chi connectivity index (χ1) is 8.38. The van der Waals surface area contributed by atoms with Crippen LogP contribution < -0.4 is 4.74 Å². The minimum Gasteiger partial charge on any atom is -0.457 e. The lowest BCUT2D eigenvalue weighted by molar-refractivity contribution is 0.202. The first-order valence-corrected chi connectivity index (χ1v) is 5.69. The van der Waals surface area contributed by atoms with Gasteiger partial charge in [-0.25, -0.2) is 0 Å². The van der Waals surface area contributed by atoms with Crippen molar-refractivity contribution >= 4 is 0 Å². The van der Waals surface area contributed by atoms with Crippen LogP contribution in [0.3, 0.4) is 0 Å². The molecule has 0 amide bonds. The maximum absolute atomic E-state index is 5.71. The molecule has 0 unspecified atom stereocenters. The minimum absolute atomic E-state index is 0.749. The van der Waals surface area contributed by atoms with Gasteiger partial charge >= 0.3 is 0 Å². The molecule has 2 aromatic rings. The second-order valence-corrected chi connectivity index (χ2v) is 3.80. The van der Waals surface area contributed by atoms with Crippen LogP contribution in [0.1, 0.15) is 5.56 Å². The smallest absolute Gasteiger partial charge is 0.127 e. The summed E-state index contributed by atoms with van der Waals surface area (Å²) in [5.41, 5.74) is 1.26. The Balaban J connectivity index is 1.98. The number of ether oxygens (including phenoxy) is 2. The molecule has 0 N–H and O–H groups in total. The van der Waals surface area contributed by atoms with E-state index >= 15 is 0 Å². The third kappa shape index (κ3) is 3.61. The molecule has 0 saturated heterocycles. The molecule has 17 heavy (non-hydrogen) atoms. The normalized spacial score (nSPS) is 10.2. The van der Waals surface area contributed by atoms with Crippen LogP contribution in [-0.4, -0.2) is 13.7 Å². The van der Waals surface area contributed by atoms with E-state index in [1.807, 2.05) is 42.5 Å². The highest BCUT2D eigenvalue weighted by Gasteiger charge is 1.97. The molecule has 88 valence electrons. The summed E-state index contributed by atoms with van der Waals surface area (Å²) in [6, 6.07) is 17.9. The SMILES string of the molecule is COCCc1ccc(Oc2ccccc2)cc1. The van der Waals surface area contributed by atoms with Gasteiger partial charge in [-0.05, 0) is 36.2 Å². The Hall–Kier alpha value is -1.80. The van der Waals surface area contributed by atoms with Crippen LogP contribution in [0.15, 0.2) is 54.6 Å². The van der Waals surface area contributed by atoms with Crippen molar-refractivity contribution in [1.82, 2.24) is 0 Å². The summed E-state index contributed by atoms with van der Waals surface area (Å²) in [6.07, 6.45) is 0.933. The largest absolute Gasteiger partial charge is 0.457 e. The van der Waals surface area contributed by atoms with Gasteiger partial charge in [0.15, 0.2) is 0 Å². The van der Waals surface area contributed by atoms with Crippen LogP contribution in [0, 0.1) is 0 Å². The zero-order chi connectivity index (χ0) is 11.9. The molecular formula is C15H16O2. The molecule has 2 nitrogen and oxygen atoms in total. The Bertz CT molecular complexity index is 434. The molecule has 0 saturated carbocycles. The topological polar surface area (TPSA) is 18.5 Å². The third-order valence-electron chi connectivity index (χ3n) is 2.50. The molecule has 0 aliphatic rings. The second kappa shape index (κ2) is 6.06. The van der Waals surface area contributed by atoms with Crippen LogP contribution in [0.25, 0.3) is 0 Å². The van der Waals surface area contributed by atoms with E-state index in [0.717, 1.165) is 24.5 Å². The molecule has 0 aliphatic heterocycles.